The zero-order valence-corrected chi connectivity index (χ0v) is 10.3. The molecule has 0 N–H and O–H groups in total. The van der Waals surface area contributed by atoms with Gasteiger partial charge in [0, 0.05) is 12.7 Å². The van der Waals surface area contributed by atoms with Crippen LogP contribution in [0.1, 0.15) is 30.1 Å². The number of ketones is 1. The number of rotatable bonds is 7. The minimum atomic E-state index is -0.860. The van der Waals surface area contributed by atoms with Crippen molar-refractivity contribution in [3.05, 3.63) is 48.1 Å². The van der Waals surface area contributed by atoms with Gasteiger partial charge < -0.3 is 4.74 Å². The molecule has 0 heterocycles. The van der Waals surface area contributed by atoms with E-state index in [0.29, 0.717) is 12.7 Å². The Bertz CT molecular complexity index is 430. The average molecular weight is 254 g/mol. The molecule has 0 radical (unpaired) electrons. The lowest BCUT2D eigenvalue weighted by Crippen LogP contribution is -2.22. The van der Waals surface area contributed by atoms with Gasteiger partial charge in [-0.3, -0.25) is 4.79 Å². The third kappa shape index (κ3) is 4.04. The number of allylic oxidation sites excluding steroid dienone is 1. The van der Waals surface area contributed by atoms with Crippen LogP contribution in [0, 0.1) is 11.6 Å². The van der Waals surface area contributed by atoms with E-state index < -0.39 is 23.5 Å². The molecule has 1 unspecified atom stereocenters. The SMILES string of the molecule is C=CCCCOC(C)C(=O)c1ccc(F)cc1F. The zero-order valence-electron chi connectivity index (χ0n) is 10.3. The number of Topliss-reactive ketones (excluding diaryl/α,β-unsaturated/α-hetero) is 1. The molecule has 1 atom stereocenters. The molecule has 98 valence electrons. The number of hydrogen-bond acceptors (Lipinski definition) is 2. The number of benzene rings is 1. The fourth-order valence-corrected chi connectivity index (χ4v) is 1.47. The van der Waals surface area contributed by atoms with Crippen LogP contribution >= 0.6 is 0 Å². The second kappa shape index (κ2) is 7.01. The van der Waals surface area contributed by atoms with Crippen LogP contribution in [0.4, 0.5) is 8.78 Å². The van der Waals surface area contributed by atoms with Crippen LogP contribution in [0.5, 0.6) is 0 Å². The molecule has 18 heavy (non-hydrogen) atoms. The Morgan fingerprint density at radius 3 is 2.83 bits per heavy atom. The van der Waals surface area contributed by atoms with Gasteiger partial charge in [-0.25, -0.2) is 8.78 Å². The van der Waals surface area contributed by atoms with Crippen LogP contribution < -0.4 is 0 Å². The van der Waals surface area contributed by atoms with Crippen LogP contribution in [0.3, 0.4) is 0 Å². The maximum Gasteiger partial charge on any atom is 0.194 e. The van der Waals surface area contributed by atoms with Crippen LogP contribution in [-0.4, -0.2) is 18.5 Å². The summed E-state index contributed by atoms with van der Waals surface area (Å²) >= 11 is 0. The van der Waals surface area contributed by atoms with Gasteiger partial charge in [-0.15, -0.1) is 6.58 Å². The predicted octanol–water partition coefficient (Wildman–Crippen LogP) is 3.52. The number of ether oxygens (including phenoxy) is 1. The maximum atomic E-state index is 13.4. The molecular weight excluding hydrogens is 238 g/mol. The van der Waals surface area contributed by atoms with Gasteiger partial charge in [-0.05, 0) is 31.9 Å². The van der Waals surface area contributed by atoms with Crippen molar-refractivity contribution in [2.24, 2.45) is 0 Å². The molecule has 0 amide bonds. The quantitative estimate of drug-likeness (QED) is 0.423. The van der Waals surface area contributed by atoms with Gasteiger partial charge in [0.1, 0.15) is 17.7 Å². The molecule has 4 heteroatoms. The van der Waals surface area contributed by atoms with E-state index in [-0.39, 0.29) is 5.56 Å². The highest BCUT2D eigenvalue weighted by Gasteiger charge is 2.19. The molecule has 0 fully saturated rings. The van der Waals surface area contributed by atoms with Gasteiger partial charge >= 0.3 is 0 Å². The molecule has 0 spiro atoms. The third-order valence-corrected chi connectivity index (χ3v) is 2.49. The van der Waals surface area contributed by atoms with Crippen LogP contribution in [-0.2, 0) is 4.74 Å². The van der Waals surface area contributed by atoms with Crippen molar-refractivity contribution in [3.8, 4) is 0 Å². The first-order valence-corrected chi connectivity index (χ1v) is 5.78. The summed E-state index contributed by atoms with van der Waals surface area (Å²) in [6.45, 7) is 5.53. The number of hydrogen-bond donors (Lipinski definition) is 0. The molecule has 0 aliphatic heterocycles. The molecule has 1 aromatic carbocycles. The molecule has 1 aromatic rings. The summed E-state index contributed by atoms with van der Waals surface area (Å²) in [5.41, 5.74) is -0.146. The minimum Gasteiger partial charge on any atom is -0.370 e. The Morgan fingerprint density at radius 1 is 1.50 bits per heavy atom. The summed E-state index contributed by atoms with van der Waals surface area (Å²) in [6.07, 6.45) is 2.57. The van der Waals surface area contributed by atoms with Gasteiger partial charge in [0.05, 0.1) is 5.56 Å². The Hall–Kier alpha value is -1.55. The molecule has 0 bridgehead atoms. The molecule has 0 saturated carbocycles. The van der Waals surface area contributed by atoms with E-state index in [9.17, 15) is 13.6 Å². The minimum absolute atomic E-state index is 0.146. The van der Waals surface area contributed by atoms with Crippen LogP contribution in [0.15, 0.2) is 30.9 Å². The Labute approximate surface area is 105 Å². The molecule has 1 rings (SSSR count). The Morgan fingerprint density at radius 2 is 2.22 bits per heavy atom. The maximum absolute atomic E-state index is 13.4. The summed E-state index contributed by atoms with van der Waals surface area (Å²) in [6, 6.07) is 2.88. The normalized spacial score (nSPS) is 12.2. The van der Waals surface area contributed by atoms with Gasteiger partial charge in [0.2, 0.25) is 0 Å². The summed E-state index contributed by atoms with van der Waals surface area (Å²) in [5.74, 6) is -2.05. The predicted molar refractivity (Wildman–Crippen MR) is 65.5 cm³/mol. The number of halogens is 2. The second-order valence-electron chi connectivity index (χ2n) is 3.93. The molecule has 0 aliphatic carbocycles. The first kappa shape index (κ1) is 14.5. The number of carbonyl (C=O) groups excluding carboxylic acids is 1. The van der Waals surface area contributed by atoms with E-state index in [1.54, 1.807) is 13.0 Å². The summed E-state index contributed by atoms with van der Waals surface area (Å²) < 4.78 is 31.4. The second-order valence-corrected chi connectivity index (χ2v) is 3.93. The van der Waals surface area contributed by atoms with Crippen LogP contribution in [0.2, 0.25) is 0 Å². The average Bonchev–Trinajstić information content (AvgIpc) is 2.33. The van der Waals surface area contributed by atoms with Crippen molar-refractivity contribution in [3.63, 3.8) is 0 Å². The number of unbranched alkanes of at least 4 members (excludes halogenated alkanes) is 1. The van der Waals surface area contributed by atoms with Crippen molar-refractivity contribution in [2.45, 2.75) is 25.9 Å². The Balaban J connectivity index is 2.60. The molecule has 0 aliphatic rings. The molecule has 0 saturated heterocycles. The lowest BCUT2D eigenvalue weighted by atomic mass is 10.1. The van der Waals surface area contributed by atoms with E-state index in [2.05, 4.69) is 6.58 Å². The van der Waals surface area contributed by atoms with Crippen molar-refractivity contribution in [2.75, 3.05) is 6.61 Å². The fraction of sp³-hybridized carbons (Fsp3) is 0.357. The topological polar surface area (TPSA) is 26.3 Å². The van der Waals surface area contributed by atoms with E-state index in [1.807, 2.05) is 0 Å². The first-order chi connectivity index (χ1) is 8.56. The summed E-state index contributed by atoms with van der Waals surface area (Å²) in [4.78, 5) is 11.8. The third-order valence-electron chi connectivity index (χ3n) is 2.49. The van der Waals surface area contributed by atoms with Gasteiger partial charge in [0.25, 0.3) is 0 Å². The standard InChI is InChI=1S/C14H16F2O2/c1-3-4-5-8-18-10(2)14(17)12-7-6-11(15)9-13(12)16/h3,6-7,9-10H,1,4-5,8H2,2H3. The first-order valence-electron chi connectivity index (χ1n) is 5.78. The van der Waals surface area contributed by atoms with Gasteiger partial charge in [-0.2, -0.15) is 0 Å². The largest absolute Gasteiger partial charge is 0.370 e. The highest BCUT2D eigenvalue weighted by atomic mass is 19.1. The lowest BCUT2D eigenvalue weighted by Gasteiger charge is -2.12. The molecular formula is C14H16F2O2. The van der Waals surface area contributed by atoms with Crippen molar-refractivity contribution in [1.82, 2.24) is 0 Å². The van der Waals surface area contributed by atoms with E-state index >= 15 is 0 Å². The van der Waals surface area contributed by atoms with Crippen molar-refractivity contribution < 1.29 is 18.3 Å². The van der Waals surface area contributed by atoms with Gasteiger partial charge in [0.15, 0.2) is 5.78 Å². The molecule has 2 nitrogen and oxygen atoms in total. The summed E-state index contributed by atoms with van der Waals surface area (Å²) in [5, 5.41) is 0. The van der Waals surface area contributed by atoms with E-state index in [4.69, 9.17) is 4.74 Å². The van der Waals surface area contributed by atoms with Crippen molar-refractivity contribution >= 4 is 5.78 Å². The summed E-state index contributed by atoms with van der Waals surface area (Å²) in [7, 11) is 0. The van der Waals surface area contributed by atoms with Crippen LogP contribution in [0.25, 0.3) is 0 Å². The van der Waals surface area contributed by atoms with E-state index in [1.165, 1.54) is 0 Å². The monoisotopic (exact) mass is 254 g/mol. The van der Waals surface area contributed by atoms with Gasteiger partial charge in [-0.1, -0.05) is 6.08 Å². The lowest BCUT2D eigenvalue weighted by molar-refractivity contribution is 0.0467. The molecule has 0 aromatic heterocycles. The number of carbonyl (C=O) groups is 1. The van der Waals surface area contributed by atoms with Crippen molar-refractivity contribution in [1.29, 1.82) is 0 Å². The zero-order chi connectivity index (χ0) is 13.5. The highest BCUT2D eigenvalue weighted by Crippen LogP contribution is 2.13. The highest BCUT2D eigenvalue weighted by molar-refractivity contribution is 5.99. The Kier molecular flexibility index (Phi) is 5.65. The fourth-order valence-electron chi connectivity index (χ4n) is 1.47. The smallest absolute Gasteiger partial charge is 0.194 e. The van der Waals surface area contributed by atoms with E-state index in [0.717, 1.165) is 25.0 Å².